The Morgan fingerprint density at radius 1 is 1.12 bits per heavy atom. The van der Waals surface area contributed by atoms with Gasteiger partial charge in [0.05, 0.1) is 5.69 Å². The highest BCUT2D eigenvalue weighted by atomic mass is 32.1. The summed E-state index contributed by atoms with van der Waals surface area (Å²) in [6.07, 6.45) is 1.92. The molecule has 1 aromatic heterocycles. The van der Waals surface area contributed by atoms with E-state index in [0.717, 1.165) is 24.3 Å². The first-order chi connectivity index (χ1) is 8.29. The van der Waals surface area contributed by atoms with Gasteiger partial charge in [-0.25, -0.2) is 4.31 Å². The van der Waals surface area contributed by atoms with Crippen molar-refractivity contribution >= 4 is 12.8 Å². The van der Waals surface area contributed by atoms with Crippen LogP contribution in [0.1, 0.15) is 12.5 Å². The highest BCUT2D eigenvalue weighted by Gasteiger charge is 2.01. The van der Waals surface area contributed by atoms with Gasteiger partial charge in [-0.1, -0.05) is 56.1 Å². The summed E-state index contributed by atoms with van der Waals surface area (Å²) in [5.41, 5.74) is 3.34. The average Bonchev–Trinajstić information content (AvgIpc) is 2.40. The Labute approximate surface area is 108 Å². The molecule has 0 spiro atoms. The van der Waals surface area contributed by atoms with Gasteiger partial charge in [0.1, 0.15) is 0 Å². The lowest BCUT2D eigenvalue weighted by Crippen LogP contribution is -2.10. The van der Waals surface area contributed by atoms with E-state index in [1.165, 1.54) is 5.56 Å². The van der Waals surface area contributed by atoms with Gasteiger partial charge >= 0.3 is 0 Å². The summed E-state index contributed by atoms with van der Waals surface area (Å²) < 4.78 is 1.96. The lowest BCUT2D eigenvalue weighted by Gasteiger charge is -2.12. The number of nitrogens with zero attached hydrogens (tertiary/aromatic N) is 2. The first-order valence-corrected chi connectivity index (χ1v) is 6.13. The van der Waals surface area contributed by atoms with Crippen molar-refractivity contribution in [2.24, 2.45) is 0 Å². The molecule has 0 fully saturated rings. The first-order valence-electron chi connectivity index (χ1n) is 5.73. The van der Waals surface area contributed by atoms with Crippen molar-refractivity contribution in [2.45, 2.75) is 13.5 Å². The third-order valence-corrected chi connectivity index (χ3v) is 3.05. The van der Waals surface area contributed by atoms with Gasteiger partial charge in [-0.2, -0.15) is 0 Å². The summed E-state index contributed by atoms with van der Waals surface area (Å²) in [5, 5.41) is 0. The Morgan fingerprint density at radius 3 is 2.47 bits per heavy atom. The first kappa shape index (κ1) is 12.1. The molecule has 3 heteroatoms. The van der Waals surface area contributed by atoms with E-state index in [0.29, 0.717) is 0 Å². The molecule has 17 heavy (non-hydrogen) atoms. The Morgan fingerprint density at radius 2 is 1.88 bits per heavy atom. The Hall–Kier alpha value is -1.32. The fourth-order valence-electron chi connectivity index (χ4n) is 1.62. The Balaban J connectivity index is 2.13. The van der Waals surface area contributed by atoms with Crippen LogP contribution in [0.4, 0.5) is 0 Å². The third kappa shape index (κ3) is 3.32. The lowest BCUT2D eigenvalue weighted by molar-refractivity contribution is 0.499. The molecule has 0 amide bonds. The van der Waals surface area contributed by atoms with E-state index in [-0.39, 0.29) is 0 Å². The molecule has 0 saturated heterocycles. The summed E-state index contributed by atoms with van der Waals surface area (Å²) in [7, 11) is 0. The molecule has 2 rings (SSSR count). The number of hydrogen-bond donors (Lipinski definition) is 1. The molecule has 1 heterocycles. The zero-order chi connectivity index (χ0) is 12.1. The number of aromatic nitrogens is 1. The number of pyridine rings is 1. The minimum Gasteiger partial charge on any atom is -0.256 e. The average molecular weight is 244 g/mol. The fraction of sp³-hybridized carbons (Fsp3) is 0.214. The largest absolute Gasteiger partial charge is 0.256 e. The van der Waals surface area contributed by atoms with Gasteiger partial charge in [0.15, 0.2) is 0 Å². The summed E-state index contributed by atoms with van der Waals surface area (Å²) in [6, 6.07) is 14.4. The van der Waals surface area contributed by atoms with Crippen molar-refractivity contribution in [1.29, 1.82) is 0 Å². The van der Waals surface area contributed by atoms with Crippen LogP contribution in [0.25, 0.3) is 11.3 Å². The van der Waals surface area contributed by atoms with Gasteiger partial charge in [0, 0.05) is 24.8 Å². The maximum atomic E-state index is 4.48. The zero-order valence-electron chi connectivity index (χ0n) is 9.87. The predicted octanol–water partition coefficient (Wildman–Crippen LogP) is 3.42. The van der Waals surface area contributed by atoms with E-state index in [1.807, 2.05) is 28.7 Å². The zero-order valence-corrected chi connectivity index (χ0v) is 10.8. The van der Waals surface area contributed by atoms with E-state index < -0.39 is 0 Å². The monoisotopic (exact) mass is 244 g/mol. The Kier molecular flexibility index (Phi) is 4.18. The van der Waals surface area contributed by atoms with Gasteiger partial charge in [0.25, 0.3) is 0 Å². The molecular formula is C14H16N2S. The predicted molar refractivity (Wildman–Crippen MR) is 74.7 cm³/mol. The molecule has 0 radical (unpaired) electrons. The maximum Gasteiger partial charge on any atom is 0.0702 e. The van der Waals surface area contributed by atoms with E-state index in [4.69, 9.17) is 0 Å². The number of benzene rings is 1. The molecule has 0 bridgehead atoms. The molecule has 0 aliphatic rings. The third-order valence-electron chi connectivity index (χ3n) is 2.62. The fourth-order valence-corrected chi connectivity index (χ4v) is 1.78. The van der Waals surface area contributed by atoms with Gasteiger partial charge in [0.2, 0.25) is 0 Å². The van der Waals surface area contributed by atoms with Crippen molar-refractivity contribution in [3.8, 4) is 11.3 Å². The van der Waals surface area contributed by atoms with Crippen molar-refractivity contribution in [1.82, 2.24) is 9.29 Å². The van der Waals surface area contributed by atoms with Gasteiger partial charge in [-0.05, 0) is 11.6 Å². The van der Waals surface area contributed by atoms with Gasteiger partial charge < -0.3 is 0 Å². The molecule has 0 atom stereocenters. The van der Waals surface area contributed by atoms with Crippen molar-refractivity contribution in [2.75, 3.05) is 6.54 Å². The topological polar surface area (TPSA) is 16.1 Å². The van der Waals surface area contributed by atoms with Crippen molar-refractivity contribution < 1.29 is 0 Å². The quantitative estimate of drug-likeness (QED) is 0.830. The summed E-state index contributed by atoms with van der Waals surface area (Å²) in [4.78, 5) is 4.48. The number of hydrogen-bond acceptors (Lipinski definition) is 3. The second-order valence-corrected chi connectivity index (χ2v) is 4.46. The summed E-state index contributed by atoms with van der Waals surface area (Å²) in [6.45, 7) is 3.82. The van der Waals surface area contributed by atoms with E-state index in [9.17, 15) is 0 Å². The molecule has 0 saturated carbocycles. The molecule has 0 N–H and O–H groups in total. The highest BCUT2D eigenvalue weighted by Crippen LogP contribution is 2.16. The normalized spacial score (nSPS) is 10.8. The molecule has 0 unspecified atom stereocenters. The summed E-state index contributed by atoms with van der Waals surface area (Å²) in [5.74, 6) is 0. The van der Waals surface area contributed by atoms with Crippen LogP contribution in [0, 0.1) is 0 Å². The molecule has 88 valence electrons. The number of rotatable bonds is 4. The van der Waals surface area contributed by atoms with Crippen LogP contribution >= 0.6 is 12.8 Å². The minimum atomic E-state index is 0.821. The van der Waals surface area contributed by atoms with Crippen molar-refractivity contribution in [3.63, 3.8) is 0 Å². The summed E-state index contributed by atoms with van der Waals surface area (Å²) >= 11 is 4.34. The number of thiol groups is 1. The van der Waals surface area contributed by atoms with Crippen LogP contribution in [0.2, 0.25) is 0 Å². The standard InChI is InChI=1S/C14H16N2S/c1-2-16(17)11-12-8-9-14(15-10-12)13-6-4-3-5-7-13/h3-10,17H,2,11H2,1H3. The maximum absolute atomic E-state index is 4.48. The van der Waals surface area contributed by atoms with E-state index >= 15 is 0 Å². The molecular weight excluding hydrogens is 228 g/mol. The molecule has 2 aromatic rings. The van der Waals surface area contributed by atoms with Crippen LogP contribution in [0.3, 0.4) is 0 Å². The molecule has 1 aromatic carbocycles. The smallest absolute Gasteiger partial charge is 0.0702 e. The molecule has 2 nitrogen and oxygen atoms in total. The van der Waals surface area contributed by atoms with Crippen molar-refractivity contribution in [3.05, 3.63) is 54.2 Å². The van der Waals surface area contributed by atoms with Crippen LogP contribution in [-0.4, -0.2) is 15.8 Å². The lowest BCUT2D eigenvalue weighted by atomic mass is 10.1. The SMILES string of the molecule is CCN(S)Cc1ccc(-c2ccccc2)nc1. The van der Waals surface area contributed by atoms with Crippen LogP contribution < -0.4 is 0 Å². The highest BCUT2D eigenvalue weighted by molar-refractivity contribution is 7.77. The van der Waals surface area contributed by atoms with Crippen LogP contribution in [0.5, 0.6) is 0 Å². The Bertz CT molecular complexity index is 453. The second-order valence-electron chi connectivity index (χ2n) is 3.90. The molecule has 0 aliphatic carbocycles. The van der Waals surface area contributed by atoms with E-state index in [2.05, 4.69) is 49.0 Å². The van der Waals surface area contributed by atoms with Crippen LogP contribution in [0.15, 0.2) is 48.7 Å². The van der Waals surface area contributed by atoms with E-state index in [1.54, 1.807) is 0 Å². The minimum absolute atomic E-state index is 0.821. The van der Waals surface area contributed by atoms with Gasteiger partial charge in [-0.15, -0.1) is 0 Å². The van der Waals surface area contributed by atoms with Gasteiger partial charge in [-0.3, -0.25) is 4.98 Å². The second kappa shape index (κ2) is 5.84. The van der Waals surface area contributed by atoms with Crippen LogP contribution in [-0.2, 0) is 6.54 Å². The molecule has 0 aliphatic heterocycles.